The van der Waals surface area contributed by atoms with Crippen LogP contribution in [0.1, 0.15) is 21.5 Å². The maximum atomic E-state index is 12.0. The van der Waals surface area contributed by atoms with Gasteiger partial charge in [0.1, 0.15) is 5.75 Å². The van der Waals surface area contributed by atoms with E-state index in [-0.39, 0.29) is 17.9 Å². The number of anilines is 1. The molecule has 0 unspecified atom stereocenters. The first-order valence-electron chi connectivity index (χ1n) is 6.87. The summed E-state index contributed by atoms with van der Waals surface area (Å²) in [5, 5.41) is 13.8. The Morgan fingerprint density at radius 2 is 1.91 bits per heavy atom. The Kier molecular flexibility index (Phi) is 5.24. The molecule has 2 aromatic rings. The molecule has 0 fully saturated rings. The van der Waals surface area contributed by atoms with Crippen molar-refractivity contribution in [3.63, 3.8) is 0 Å². The Hall–Kier alpha value is -2.53. The highest BCUT2D eigenvalue weighted by molar-refractivity contribution is 6.31. The molecule has 0 heterocycles. The monoisotopic (exact) mass is 332 g/mol. The number of rotatable bonds is 5. The van der Waals surface area contributed by atoms with Gasteiger partial charge in [-0.2, -0.15) is 0 Å². The van der Waals surface area contributed by atoms with Crippen LogP contribution in [-0.2, 0) is 4.79 Å². The maximum Gasteiger partial charge on any atom is 0.262 e. The zero-order valence-electron chi connectivity index (χ0n) is 12.7. The second kappa shape index (κ2) is 7.15. The largest absolute Gasteiger partial charge is 0.545 e. The van der Waals surface area contributed by atoms with E-state index in [1.165, 1.54) is 18.2 Å². The molecule has 0 aliphatic rings. The highest BCUT2D eigenvalue weighted by atomic mass is 35.5. The van der Waals surface area contributed by atoms with Crippen molar-refractivity contribution >= 4 is 29.2 Å². The van der Waals surface area contributed by atoms with Gasteiger partial charge in [-0.05, 0) is 49.2 Å². The second-order valence-corrected chi connectivity index (χ2v) is 5.52. The lowest BCUT2D eigenvalue weighted by atomic mass is 10.1. The van der Waals surface area contributed by atoms with Crippen molar-refractivity contribution in [2.75, 3.05) is 11.9 Å². The average Bonchev–Trinajstić information content (AvgIpc) is 2.48. The van der Waals surface area contributed by atoms with Crippen LogP contribution in [0.5, 0.6) is 5.75 Å². The normalized spacial score (nSPS) is 10.2. The number of aromatic carboxylic acids is 1. The summed E-state index contributed by atoms with van der Waals surface area (Å²) >= 11 is 5.82. The highest BCUT2D eigenvalue weighted by Crippen LogP contribution is 2.21. The minimum absolute atomic E-state index is 0.0760. The summed E-state index contributed by atoms with van der Waals surface area (Å²) in [6, 6.07) is 9.71. The second-order valence-electron chi connectivity index (χ2n) is 5.08. The number of carbonyl (C=O) groups is 2. The fourth-order valence-corrected chi connectivity index (χ4v) is 2.16. The molecule has 1 N–H and O–H groups in total. The Bertz CT molecular complexity index is 758. The van der Waals surface area contributed by atoms with Gasteiger partial charge in [0, 0.05) is 10.6 Å². The van der Waals surface area contributed by atoms with Crippen molar-refractivity contribution < 1.29 is 19.4 Å². The Labute approximate surface area is 138 Å². The van der Waals surface area contributed by atoms with Crippen molar-refractivity contribution in [3.8, 4) is 5.75 Å². The molecular weight excluding hydrogens is 318 g/mol. The smallest absolute Gasteiger partial charge is 0.262 e. The van der Waals surface area contributed by atoms with Gasteiger partial charge in [0.25, 0.3) is 5.91 Å². The van der Waals surface area contributed by atoms with E-state index in [2.05, 4.69) is 5.32 Å². The summed E-state index contributed by atoms with van der Waals surface area (Å²) in [7, 11) is 0. The standard InChI is InChI=1S/C17H16ClNO4/c1-10-3-4-11(2)15(7-10)23-9-16(20)19-14-8-12(18)5-6-13(14)17(21)22/h3-8H,9H2,1-2H3,(H,19,20)(H,21,22)/p-1. The minimum Gasteiger partial charge on any atom is -0.545 e. The van der Waals surface area contributed by atoms with Gasteiger partial charge >= 0.3 is 0 Å². The number of hydrogen-bond donors (Lipinski definition) is 1. The Balaban J connectivity index is 2.07. The molecule has 0 saturated heterocycles. The van der Waals surface area contributed by atoms with Crippen LogP contribution in [-0.4, -0.2) is 18.5 Å². The van der Waals surface area contributed by atoms with Crippen molar-refractivity contribution in [3.05, 3.63) is 58.1 Å². The van der Waals surface area contributed by atoms with E-state index < -0.39 is 11.9 Å². The molecule has 0 bridgehead atoms. The maximum absolute atomic E-state index is 12.0. The first-order chi connectivity index (χ1) is 10.9. The number of carboxylic acids is 1. The molecule has 5 nitrogen and oxygen atoms in total. The van der Waals surface area contributed by atoms with E-state index in [9.17, 15) is 14.7 Å². The van der Waals surface area contributed by atoms with E-state index in [1.54, 1.807) is 0 Å². The molecule has 0 aliphatic heterocycles. The molecular formula is C17H15ClNO4-. The number of carbonyl (C=O) groups excluding carboxylic acids is 2. The first kappa shape index (κ1) is 16.8. The summed E-state index contributed by atoms with van der Waals surface area (Å²) in [5.41, 5.74) is 1.85. The molecule has 0 atom stereocenters. The number of carboxylic acid groups (broad SMARTS) is 1. The van der Waals surface area contributed by atoms with Crippen molar-refractivity contribution in [1.82, 2.24) is 0 Å². The highest BCUT2D eigenvalue weighted by Gasteiger charge is 2.10. The molecule has 0 aromatic heterocycles. The minimum atomic E-state index is -1.40. The number of nitrogens with one attached hydrogen (secondary N) is 1. The summed E-state index contributed by atoms with van der Waals surface area (Å²) in [4.78, 5) is 23.0. The summed E-state index contributed by atoms with van der Waals surface area (Å²) in [5.74, 6) is -1.28. The van der Waals surface area contributed by atoms with Gasteiger partial charge in [0.05, 0.1) is 11.7 Å². The molecule has 0 spiro atoms. The summed E-state index contributed by atoms with van der Waals surface area (Å²) in [6.07, 6.45) is 0. The Morgan fingerprint density at radius 1 is 1.17 bits per heavy atom. The molecule has 1 amide bonds. The van der Waals surface area contributed by atoms with Crippen LogP contribution in [0.25, 0.3) is 0 Å². The van der Waals surface area contributed by atoms with Gasteiger partial charge in [0.2, 0.25) is 0 Å². The number of benzene rings is 2. The van der Waals surface area contributed by atoms with Crippen LogP contribution >= 0.6 is 11.6 Å². The van der Waals surface area contributed by atoms with Gasteiger partial charge in [-0.3, -0.25) is 4.79 Å². The van der Waals surface area contributed by atoms with E-state index in [1.807, 2.05) is 32.0 Å². The third-order valence-electron chi connectivity index (χ3n) is 3.18. The van der Waals surface area contributed by atoms with Crippen molar-refractivity contribution in [2.24, 2.45) is 0 Å². The van der Waals surface area contributed by atoms with Crippen LogP contribution in [0.4, 0.5) is 5.69 Å². The fraction of sp³-hybridized carbons (Fsp3) is 0.176. The van der Waals surface area contributed by atoms with E-state index in [4.69, 9.17) is 16.3 Å². The van der Waals surface area contributed by atoms with Crippen LogP contribution in [0.2, 0.25) is 5.02 Å². The van der Waals surface area contributed by atoms with Crippen molar-refractivity contribution in [2.45, 2.75) is 13.8 Å². The number of halogens is 1. The SMILES string of the molecule is Cc1ccc(C)c(OCC(=O)Nc2cc(Cl)ccc2C(=O)[O-])c1. The van der Waals surface area contributed by atoms with Gasteiger partial charge in [-0.25, -0.2) is 0 Å². The first-order valence-corrected chi connectivity index (χ1v) is 7.25. The molecule has 23 heavy (non-hydrogen) atoms. The lowest BCUT2D eigenvalue weighted by Crippen LogP contribution is -2.26. The zero-order valence-corrected chi connectivity index (χ0v) is 13.4. The van der Waals surface area contributed by atoms with Crippen LogP contribution in [0, 0.1) is 13.8 Å². The fourth-order valence-electron chi connectivity index (χ4n) is 1.99. The Morgan fingerprint density at radius 3 is 2.61 bits per heavy atom. The van der Waals surface area contributed by atoms with Crippen LogP contribution < -0.4 is 15.2 Å². The predicted molar refractivity (Wildman–Crippen MR) is 85.8 cm³/mol. The zero-order chi connectivity index (χ0) is 17.0. The number of hydrogen-bond acceptors (Lipinski definition) is 4. The summed E-state index contributed by atoms with van der Waals surface area (Å²) in [6.45, 7) is 3.55. The molecule has 6 heteroatoms. The van der Waals surface area contributed by atoms with Crippen LogP contribution in [0.3, 0.4) is 0 Å². The van der Waals surface area contributed by atoms with E-state index in [0.717, 1.165) is 11.1 Å². The molecule has 2 aromatic carbocycles. The number of ether oxygens (including phenoxy) is 1. The lowest BCUT2D eigenvalue weighted by Gasteiger charge is -2.13. The summed E-state index contributed by atoms with van der Waals surface area (Å²) < 4.78 is 5.47. The third kappa shape index (κ3) is 4.47. The molecule has 0 aliphatic carbocycles. The predicted octanol–water partition coefficient (Wildman–Crippen LogP) is 2.34. The average molecular weight is 333 g/mol. The van der Waals surface area contributed by atoms with Gasteiger partial charge in [0.15, 0.2) is 6.61 Å². The quantitative estimate of drug-likeness (QED) is 0.911. The van der Waals surface area contributed by atoms with Crippen LogP contribution in [0.15, 0.2) is 36.4 Å². The van der Waals surface area contributed by atoms with Gasteiger partial charge in [-0.15, -0.1) is 0 Å². The lowest BCUT2D eigenvalue weighted by molar-refractivity contribution is -0.254. The number of aryl methyl sites for hydroxylation is 2. The van der Waals surface area contributed by atoms with Gasteiger partial charge in [-0.1, -0.05) is 23.7 Å². The van der Waals surface area contributed by atoms with E-state index >= 15 is 0 Å². The number of amides is 1. The third-order valence-corrected chi connectivity index (χ3v) is 3.41. The van der Waals surface area contributed by atoms with Gasteiger partial charge < -0.3 is 20.0 Å². The molecule has 2 rings (SSSR count). The van der Waals surface area contributed by atoms with Crippen molar-refractivity contribution in [1.29, 1.82) is 0 Å². The topological polar surface area (TPSA) is 78.5 Å². The molecule has 0 radical (unpaired) electrons. The molecule has 0 saturated carbocycles. The van der Waals surface area contributed by atoms with E-state index in [0.29, 0.717) is 10.8 Å². The molecule has 120 valence electrons.